The number of rotatable bonds is 6. The fourth-order valence-corrected chi connectivity index (χ4v) is 3.12. The third-order valence-electron chi connectivity index (χ3n) is 4.00. The van der Waals surface area contributed by atoms with E-state index in [-0.39, 0.29) is 23.9 Å². The van der Waals surface area contributed by atoms with Crippen molar-refractivity contribution in [3.05, 3.63) is 34.9 Å². The van der Waals surface area contributed by atoms with Gasteiger partial charge in [0.1, 0.15) is 0 Å². The molecule has 1 aliphatic heterocycles. The summed E-state index contributed by atoms with van der Waals surface area (Å²) in [6.45, 7) is 5.56. The fraction of sp³-hybridized carbons (Fsp3) is 0.529. The molecule has 0 saturated carbocycles. The highest BCUT2D eigenvalue weighted by molar-refractivity contribution is 6.30. The second-order valence-electron chi connectivity index (χ2n) is 6.10. The highest BCUT2D eigenvalue weighted by Crippen LogP contribution is 2.18. The van der Waals surface area contributed by atoms with Gasteiger partial charge in [0.25, 0.3) is 0 Å². The molecule has 1 saturated heterocycles. The zero-order valence-corrected chi connectivity index (χ0v) is 14.4. The third kappa shape index (κ3) is 5.52. The van der Waals surface area contributed by atoms with Crippen molar-refractivity contribution >= 4 is 23.4 Å². The van der Waals surface area contributed by atoms with Crippen LogP contribution in [0.3, 0.4) is 0 Å². The largest absolute Gasteiger partial charge is 0.353 e. The summed E-state index contributed by atoms with van der Waals surface area (Å²) < 4.78 is 0. The molecule has 1 aromatic rings. The first-order valence-corrected chi connectivity index (χ1v) is 8.37. The molecule has 2 amide bonds. The quantitative estimate of drug-likeness (QED) is 0.834. The van der Waals surface area contributed by atoms with E-state index in [1.54, 1.807) is 0 Å². The van der Waals surface area contributed by atoms with E-state index in [0.29, 0.717) is 18.1 Å². The van der Waals surface area contributed by atoms with Crippen molar-refractivity contribution in [2.45, 2.75) is 45.3 Å². The Bertz CT molecular complexity index is 547. The van der Waals surface area contributed by atoms with Crippen LogP contribution in [0.15, 0.2) is 24.3 Å². The van der Waals surface area contributed by atoms with E-state index in [9.17, 15) is 9.59 Å². The second-order valence-corrected chi connectivity index (χ2v) is 6.54. The van der Waals surface area contributed by atoms with Crippen LogP contribution in [0.4, 0.5) is 0 Å². The van der Waals surface area contributed by atoms with Crippen LogP contribution in [-0.2, 0) is 16.1 Å². The number of likely N-dealkylation sites (tertiary alicyclic amines) is 1. The molecule has 0 bridgehead atoms. The average Bonchev–Trinajstić information content (AvgIpc) is 2.93. The minimum absolute atomic E-state index is 0.0390. The molecule has 1 fully saturated rings. The molecule has 1 aliphatic rings. The summed E-state index contributed by atoms with van der Waals surface area (Å²) >= 11 is 5.86. The van der Waals surface area contributed by atoms with Crippen molar-refractivity contribution in [1.29, 1.82) is 0 Å². The second kappa shape index (κ2) is 8.31. The number of halogens is 1. The summed E-state index contributed by atoms with van der Waals surface area (Å²) in [5.74, 6) is 0.00733. The van der Waals surface area contributed by atoms with Gasteiger partial charge in [0.2, 0.25) is 11.8 Å². The zero-order valence-electron chi connectivity index (χ0n) is 13.6. The van der Waals surface area contributed by atoms with Gasteiger partial charge < -0.3 is 10.6 Å². The topological polar surface area (TPSA) is 61.4 Å². The molecule has 0 aromatic heterocycles. The van der Waals surface area contributed by atoms with Crippen molar-refractivity contribution in [3.8, 4) is 0 Å². The standard InChI is InChI=1S/C17H24ClN3O2/c1-12(20-13(2)22)11-21-9-3-4-16(21)17(23)19-10-14-5-7-15(18)8-6-14/h5-8,12,16H,3-4,9-11H2,1-2H3,(H,19,23)(H,20,22)/t12-,16-/m0/s1. The number of hydrogen-bond acceptors (Lipinski definition) is 3. The van der Waals surface area contributed by atoms with E-state index in [2.05, 4.69) is 15.5 Å². The molecule has 6 heteroatoms. The summed E-state index contributed by atoms with van der Waals surface area (Å²) in [5, 5.41) is 6.55. The Balaban J connectivity index is 1.84. The summed E-state index contributed by atoms with van der Waals surface area (Å²) in [5.41, 5.74) is 1.03. The molecule has 2 rings (SSSR count). The average molecular weight is 338 g/mol. The van der Waals surface area contributed by atoms with E-state index in [0.717, 1.165) is 24.9 Å². The first-order chi connectivity index (χ1) is 11.0. The molecule has 1 aromatic carbocycles. The molecule has 2 N–H and O–H groups in total. The normalized spacial score (nSPS) is 19.3. The van der Waals surface area contributed by atoms with Gasteiger partial charge in [0.15, 0.2) is 0 Å². The Morgan fingerprint density at radius 2 is 2.04 bits per heavy atom. The fourth-order valence-electron chi connectivity index (χ4n) is 3.00. The lowest BCUT2D eigenvalue weighted by molar-refractivity contribution is -0.125. The molecule has 5 nitrogen and oxygen atoms in total. The summed E-state index contributed by atoms with van der Waals surface area (Å²) in [7, 11) is 0. The van der Waals surface area contributed by atoms with E-state index >= 15 is 0 Å². The van der Waals surface area contributed by atoms with Crippen molar-refractivity contribution < 1.29 is 9.59 Å². The SMILES string of the molecule is CC(=O)N[C@@H](C)CN1CCC[C@H]1C(=O)NCc1ccc(Cl)cc1. The Morgan fingerprint density at radius 3 is 2.70 bits per heavy atom. The predicted octanol–water partition coefficient (Wildman–Crippen LogP) is 1.95. The maximum Gasteiger partial charge on any atom is 0.237 e. The number of carbonyl (C=O) groups excluding carboxylic acids is 2. The van der Waals surface area contributed by atoms with Gasteiger partial charge in [0.05, 0.1) is 6.04 Å². The molecular formula is C17H24ClN3O2. The monoisotopic (exact) mass is 337 g/mol. The molecule has 2 atom stereocenters. The van der Waals surface area contributed by atoms with Crippen molar-refractivity contribution in [3.63, 3.8) is 0 Å². The van der Waals surface area contributed by atoms with Gasteiger partial charge in [0, 0.05) is 31.1 Å². The Hall–Kier alpha value is -1.59. The van der Waals surface area contributed by atoms with Crippen LogP contribution in [0.2, 0.25) is 5.02 Å². The summed E-state index contributed by atoms with van der Waals surface area (Å²) in [6.07, 6.45) is 1.87. The molecule has 0 radical (unpaired) electrons. The minimum Gasteiger partial charge on any atom is -0.353 e. The lowest BCUT2D eigenvalue weighted by Gasteiger charge is -2.26. The van der Waals surface area contributed by atoms with Gasteiger partial charge in [-0.25, -0.2) is 0 Å². The van der Waals surface area contributed by atoms with Gasteiger partial charge >= 0.3 is 0 Å². The van der Waals surface area contributed by atoms with Crippen LogP contribution in [0.25, 0.3) is 0 Å². The van der Waals surface area contributed by atoms with E-state index in [1.807, 2.05) is 31.2 Å². The van der Waals surface area contributed by atoms with Gasteiger partial charge in [-0.1, -0.05) is 23.7 Å². The first-order valence-electron chi connectivity index (χ1n) is 7.99. The molecule has 23 heavy (non-hydrogen) atoms. The van der Waals surface area contributed by atoms with Gasteiger partial charge in [-0.05, 0) is 44.0 Å². The van der Waals surface area contributed by atoms with Crippen molar-refractivity contribution in [1.82, 2.24) is 15.5 Å². The minimum atomic E-state index is -0.112. The zero-order chi connectivity index (χ0) is 16.8. The Morgan fingerprint density at radius 1 is 1.35 bits per heavy atom. The smallest absolute Gasteiger partial charge is 0.237 e. The first kappa shape index (κ1) is 17.8. The summed E-state index contributed by atoms with van der Waals surface area (Å²) in [6, 6.07) is 7.39. The predicted molar refractivity (Wildman–Crippen MR) is 91.2 cm³/mol. The third-order valence-corrected chi connectivity index (χ3v) is 4.26. The molecule has 1 heterocycles. The Kier molecular flexibility index (Phi) is 6.42. The number of nitrogens with zero attached hydrogens (tertiary/aromatic N) is 1. The number of nitrogens with one attached hydrogen (secondary N) is 2. The molecule has 0 spiro atoms. The van der Waals surface area contributed by atoms with E-state index in [4.69, 9.17) is 11.6 Å². The van der Waals surface area contributed by atoms with Crippen molar-refractivity contribution in [2.24, 2.45) is 0 Å². The highest BCUT2D eigenvalue weighted by atomic mass is 35.5. The summed E-state index contributed by atoms with van der Waals surface area (Å²) in [4.78, 5) is 25.7. The van der Waals surface area contributed by atoms with Crippen LogP contribution in [-0.4, -0.2) is 41.9 Å². The van der Waals surface area contributed by atoms with Crippen LogP contribution in [0.5, 0.6) is 0 Å². The maximum absolute atomic E-state index is 12.4. The Labute approximate surface area is 142 Å². The van der Waals surface area contributed by atoms with Crippen LogP contribution in [0, 0.1) is 0 Å². The van der Waals surface area contributed by atoms with Gasteiger partial charge in [-0.15, -0.1) is 0 Å². The number of hydrogen-bond donors (Lipinski definition) is 2. The van der Waals surface area contributed by atoms with Crippen LogP contribution >= 0.6 is 11.6 Å². The highest BCUT2D eigenvalue weighted by Gasteiger charge is 2.31. The van der Waals surface area contributed by atoms with Gasteiger partial charge in [-0.2, -0.15) is 0 Å². The van der Waals surface area contributed by atoms with Crippen LogP contribution in [0.1, 0.15) is 32.3 Å². The molecule has 0 aliphatic carbocycles. The molecule has 126 valence electrons. The van der Waals surface area contributed by atoms with E-state index in [1.165, 1.54) is 6.92 Å². The molecular weight excluding hydrogens is 314 g/mol. The maximum atomic E-state index is 12.4. The lowest BCUT2D eigenvalue weighted by Crippen LogP contribution is -2.48. The number of amides is 2. The van der Waals surface area contributed by atoms with Gasteiger partial charge in [-0.3, -0.25) is 14.5 Å². The van der Waals surface area contributed by atoms with E-state index < -0.39 is 0 Å². The number of benzene rings is 1. The lowest BCUT2D eigenvalue weighted by atomic mass is 10.1. The van der Waals surface area contributed by atoms with Crippen LogP contribution < -0.4 is 10.6 Å². The number of carbonyl (C=O) groups is 2. The van der Waals surface area contributed by atoms with Crippen molar-refractivity contribution in [2.75, 3.05) is 13.1 Å². The molecule has 0 unspecified atom stereocenters.